The molecule has 2 rings (SSSR count). The number of benzene rings is 1. The highest BCUT2D eigenvalue weighted by atomic mass is 16.4. The van der Waals surface area contributed by atoms with Gasteiger partial charge in [-0.05, 0) is 37.5 Å². The SMILES string of the molecule is C/C(=C\Cc1ccc2ccc(=O)oc2c1)CCC=O. The van der Waals surface area contributed by atoms with Gasteiger partial charge in [-0.3, -0.25) is 0 Å². The van der Waals surface area contributed by atoms with Gasteiger partial charge in [0.1, 0.15) is 11.9 Å². The highest BCUT2D eigenvalue weighted by Crippen LogP contribution is 2.15. The summed E-state index contributed by atoms with van der Waals surface area (Å²) in [6.45, 7) is 2.02. The lowest BCUT2D eigenvalue weighted by Crippen LogP contribution is -1.94. The fourth-order valence-corrected chi connectivity index (χ4v) is 1.91. The molecule has 1 aromatic carbocycles. The Labute approximate surface area is 111 Å². The summed E-state index contributed by atoms with van der Waals surface area (Å²) in [5.41, 5.74) is 2.57. The summed E-state index contributed by atoms with van der Waals surface area (Å²) in [7, 11) is 0. The molecule has 0 saturated heterocycles. The molecule has 3 nitrogen and oxygen atoms in total. The van der Waals surface area contributed by atoms with Crippen molar-refractivity contribution < 1.29 is 9.21 Å². The molecule has 98 valence electrons. The molecule has 0 aliphatic rings. The van der Waals surface area contributed by atoms with Gasteiger partial charge in [-0.2, -0.15) is 0 Å². The third kappa shape index (κ3) is 3.65. The van der Waals surface area contributed by atoms with Crippen LogP contribution in [0.1, 0.15) is 25.3 Å². The Hall–Kier alpha value is -2.16. The quantitative estimate of drug-likeness (QED) is 0.468. The Kier molecular flexibility index (Phi) is 4.29. The highest BCUT2D eigenvalue weighted by molar-refractivity contribution is 5.76. The molecular weight excluding hydrogens is 240 g/mol. The van der Waals surface area contributed by atoms with Gasteiger partial charge >= 0.3 is 5.63 Å². The Balaban J connectivity index is 2.17. The average molecular weight is 256 g/mol. The predicted molar refractivity (Wildman–Crippen MR) is 75.2 cm³/mol. The maximum atomic E-state index is 11.2. The van der Waals surface area contributed by atoms with Crippen molar-refractivity contribution >= 4 is 17.3 Å². The number of aldehydes is 1. The largest absolute Gasteiger partial charge is 0.423 e. The van der Waals surface area contributed by atoms with Gasteiger partial charge in [0, 0.05) is 17.9 Å². The molecular formula is C16H16O3. The minimum atomic E-state index is -0.331. The zero-order valence-electron chi connectivity index (χ0n) is 10.9. The smallest absolute Gasteiger partial charge is 0.336 e. The van der Waals surface area contributed by atoms with Crippen LogP contribution in [0.2, 0.25) is 0 Å². The highest BCUT2D eigenvalue weighted by Gasteiger charge is 1.99. The van der Waals surface area contributed by atoms with Crippen LogP contribution < -0.4 is 5.63 Å². The van der Waals surface area contributed by atoms with E-state index in [-0.39, 0.29) is 5.63 Å². The molecule has 0 saturated carbocycles. The van der Waals surface area contributed by atoms with Crippen LogP contribution in [0.4, 0.5) is 0 Å². The zero-order chi connectivity index (χ0) is 13.7. The predicted octanol–water partition coefficient (Wildman–Crippen LogP) is 3.26. The molecule has 0 bridgehead atoms. The minimum Gasteiger partial charge on any atom is -0.423 e. The van der Waals surface area contributed by atoms with Crippen molar-refractivity contribution in [3.63, 3.8) is 0 Å². The van der Waals surface area contributed by atoms with Gasteiger partial charge in [-0.15, -0.1) is 0 Å². The molecule has 0 aliphatic carbocycles. The Bertz CT molecular complexity index is 665. The molecule has 0 aliphatic heterocycles. The number of carbonyl (C=O) groups is 1. The van der Waals surface area contributed by atoms with Gasteiger partial charge < -0.3 is 9.21 Å². The fraction of sp³-hybridized carbons (Fsp3) is 0.250. The summed E-state index contributed by atoms with van der Waals surface area (Å²) in [6, 6.07) is 9.04. The summed E-state index contributed by atoms with van der Waals surface area (Å²) in [6.07, 6.45) is 5.17. The maximum Gasteiger partial charge on any atom is 0.336 e. The first kappa shape index (κ1) is 13.3. The van der Waals surface area contributed by atoms with E-state index in [0.29, 0.717) is 12.0 Å². The van der Waals surface area contributed by atoms with Crippen molar-refractivity contribution in [2.24, 2.45) is 0 Å². The molecule has 0 spiro atoms. The van der Waals surface area contributed by atoms with Crippen molar-refractivity contribution in [3.8, 4) is 0 Å². The Morgan fingerprint density at radius 2 is 2.05 bits per heavy atom. The maximum absolute atomic E-state index is 11.2. The van der Waals surface area contributed by atoms with Crippen LogP contribution in [0, 0.1) is 0 Å². The first-order valence-electron chi connectivity index (χ1n) is 6.31. The molecule has 0 fully saturated rings. The summed E-state index contributed by atoms with van der Waals surface area (Å²) >= 11 is 0. The van der Waals surface area contributed by atoms with Crippen molar-refractivity contribution in [2.75, 3.05) is 0 Å². The van der Waals surface area contributed by atoms with Crippen LogP contribution in [0.3, 0.4) is 0 Å². The Morgan fingerprint density at radius 3 is 2.84 bits per heavy atom. The number of allylic oxidation sites excluding steroid dienone is 2. The second-order valence-corrected chi connectivity index (χ2v) is 4.59. The number of hydrogen-bond acceptors (Lipinski definition) is 3. The lowest BCUT2D eigenvalue weighted by molar-refractivity contribution is -0.107. The van der Waals surface area contributed by atoms with Crippen molar-refractivity contribution in [3.05, 3.63) is 58.0 Å². The normalized spacial score (nSPS) is 11.7. The van der Waals surface area contributed by atoms with Gasteiger partial charge in [-0.25, -0.2) is 4.79 Å². The lowest BCUT2D eigenvalue weighted by atomic mass is 10.1. The number of rotatable bonds is 5. The molecule has 1 heterocycles. The van der Waals surface area contributed by atoms with Crippen LogP contribution in [0.5, 0.6) is 0 Å². The summed E-state index contributed by atoms with van der Waals surface area (Å²) < 4.78 is 5.15. The monoisotopic (exact) mass is 256 g/mol. The van der Waals surface area contributed by atoms with Crippen molar-refractivity contribution in [1.82, 2.24) is 0 Å². The van der Waals surface area contributed by atoms with Gasteiger partial charge in [0.25, 0.3) is 0 Å². The third-order valence-electron chi connectivity index (χ3n) is 3.03. The van der Waals surface area contributed by atoms with E-state index in [1.54, 1.807) is 6.07 Å². The van der Waals surface area contributed by atoms with Crippen molar-refractivity contribution in [1.29, 1.82) is 0 Å². The summed E-state index contributed by atoms with van der Waals surface area (Å²) in [5.74, 6) is 0. The first-order chi connectivity index (χ1) is 9.19. The lowest BCUT2D eigenvalue weighted by Gasteiger charge is -2.01. The second-order valence-electron chi connectivity index (χ2n) is 4.59. The van der Waals surface area contributed by atoms with E-state index in [0.717, 1.165) is 30.1 Å². The van der Waals surface area contributed by atoms with Gasteiger partial charge in [-0.1, -0.05) is 23.8 Å². The molecule has 0 unspecified atom stereocenters. The van der Waals surface area contributed by atoms with Crippen LogP contribution in [0.15, 0.2) is 51.2 Å². The van der Waals surface area contributed by atoms with Crippen LogP contribution in [0.25, 0.3) is 11.0 Å². The first-order valence-corrected chi connectivity index (χ1v) is 6.31. The van der Waals surface area contributed by atoms with E-state index < -0.39 is 0 Å². The molecule has 2 aromatic rings. The molecule has 0 radical (unpaired) electrons. The van der Waals surface area contributed by atoms with E-state index >= 15 is 0 Å². The summed E-state index contributed by atoms with van der Waals surface area (Å²) in [4.78, 5) is 21.5. The van der Waals surface area contributed by atoms with Crippen molar-refractivity contribution in [2.45, 2.75) is 26.2 Å². The Morgan fingerprint density at radius 1 is 1.26 bits per heavy atom. The summed E-state index contributed by atoms with van der Waals surface area (Å²) in [5, 5.41) is 0.921. The van der Waals surface area contributed by atoms with Gasteiger partial charge in [0.05, 0.1) is 0 Å². The zero-order valence-corrected chi connectivity index (χ0v) is 10.9. The molecule has 3 heteroatoms. The molecule has 0 atom stereocenters. The van der Waals surface area contributed by atoms with Gasteiger partial charge in [0.15, 0.2) is 0 Å². The van der Waals surface area contributed by atoms with Crippen LogP contribution in [-0.2, 0) is 11.2 Å². The number of fused-ring (bicyclic) bond motifs is 1. The van der Waals surface area contributed by atoms with E-state index in [1.807, 2.05) is 25.1 Å². The molecule has 0 amide bonds. The fourth-order valence-electron chi connectivity index (χ4n) is 1.91. The van der Waals surface area contributed by atoms with E-state index in [9.17, 15) is 9.59 Å². The number of hydrogen-bond donors (Lipinski definition) is 0. The standard InChI is InChI=1S/C16H16O3/c1-12(3-2-10-17)4-5-13-6-7-14-8-9-16(18)19-15(14)11-13/h4,6-11H,2-3,5H2,1H3/b12-4+. The molecule has 1 aromatic heterocycles. The van der Waals surface area contributed by atoms with Crippen LogP contribution >= 0.6 is 0 Å². The van der Waals surface area contributed by atoms with Gasteiger partial charge in [0.2, 0.25) is 0 Å². The van der Waals surface area contributed by atoms with E-state index in [1.165, 1.54) is 11.6 Å². The third-order valence-corrected chi connectivity index (χ3v) is 3.03. The molecule has 19 heavy (non-hydrogen) atoms. The average Bonchev–Trinajstić information content (AvgIpc) is 2.42. The topological polar surface area (TPSA) is 47.3 Å². The number of carbonyl (C=O) groups excluding carboxylic acids is 1. The molecule has 0 N–H and O–H groups in total. The minimum absolute atomic E-state index is 0.331. The van der Waals surface area contributed by atoms with E-state index in [2.05, 4.69) is 6.08 Å². The second kappa shape index (κ2) is 6.14. The van der Waals surface area contributed by atoms with E-state index in [4.69, 9.17) is 4.42 Å². The van der Waals surface area contributed by atoms with Crippen LogP contribution in [-0.4, -0.2) is 6.29 Å².